The summed E-state index contributed by atoms with van der Waals surface area (Å²) in [6.45, 7) is 0.594. The molecule has 4 nitrogen and oxygen atoms in total. The number of hydrogen-bond acceptors (Lipinski definition) is 4. The van der Waals surface area contributed by atoms with Crippen LogP contribution in [0.25, 0.3) is 0 Å². The standard InChI is InChI=1S/C14H25NO3/c1-18-14(17)10-7-11-15-12-8-5-3-2-4-6-9-13(12)16/h7,10,12-13,15-16H,2-6,8-9,11H2,1H3. The van der Waals surface area contributed by atoms with Crippen molar-refractivity contribution in [1.29, 1.82) is 0 Å². The zero-order valence-electron chi connectivity index (χ0n) is 11.2. The zero-order valence-corrected chi connectivity index (χ0v) is 11.2. The second-order valence-corrected chi connectivity index (χ2v) is 4.85. The average Bonchev–Trinajstić information content (AvgIpc) is 2.47. The fourth-order valence-corrected chi connectivity index (χ4v) is 2.32. The molecule has 0 spiro atoms. The number of aliphatic hydroxyl groups excluding tert-OH is 1. The van der Waals surface area contributed by atoms with E-state index in [0.29, 0.717) is 6.54 Å². The van der Waals surface area contributed by atoms with Gasteiger partial charge in [-0.2, -0.15) is 0 Å². The van der Waals surface area contributed by atoms with E-state index in [1.807, 2.05) is 0 Å². The molecule has 1 rings (SSSR count). The molecule has 2 unspecified atom stereocenters. The van der Waals surface area contributed by atoms with Crippen LogP contribution >= 0.6 is 0 Å². The van der Waals surface area contributed by atoms with Crippen molar-refractivity contribution in [3.63, 3.8) is 0 Å². The Morgan fingerprint density at radius 3 is 2.67 bits per heavy atom. The van der Waals surface area contributed by atoms with Gasteiger partial charge < -0.3 is 15.2 Å². The number of aliphatic hydroxyl groups is 1. The Kier molecular flexibility index (Phi) is 7.69. The Morgan fingerprint density at radius 1 is 1.28 bits per heavy atom. The van der Waals surface area contributed by atoms with E-state index in [1.165, 1.54) is 32.4 Å². The van der Waals surface area contributed by atoms with Crippen molar-refractivity contribution in [2.75, 3.05) is 13.7 Å². The molecule has 1 saturated carbocycles. The molecule has 1 aliphatic rings. The van der Waals surface area contributed by atoms with Crippen LogP contribution in [-0.2, 0) is 9.53 Å². The molecule has 0 radical (unpaired) electrons. The van der Waals surface area contributed by atoms with Crippen molar-refractivity contribution >= 4 is 5.97 Å². The van der Waals surface area contributed by atoms with Crippen molar-refractivity contribution in [1.82, 2.24) is 5.32 Å². The number of hydrogen-bond donors (Lipinski definition) is 2. The summed E-state index contributed by atoms with van der Waals surface area (Å²) in [5.74, 6) is -0.341. The van der Waals surface area contributed by atoms with Gasteiger partial charge in [0.05, 0.1) is 13.2 Å². The van der Waals surface area contributed by atoms with Crippen LogP contribution in [0.15, 0.2) is 12.2 Å². The lowest BCUT2D eigenvalue weighted by atomic mass is 10.0. The van der Waals surface area contributed by atoms with Crippen molar-refractivity contribution in [3.05, 3.63) is 12.2 Å². The maximum absolute atomic E-state index is 10.9. The smallest absolute Gasteiger partial charge is 0.330 e. The first-order valence-electron chi connectivity index (χ1n) is 6.90. The summed E-state index contributed by atoms with van der Waals surface area (Å²) in [6.07, 6.45) is 10.8. The average molecular weight is 255 g/mol. The molecule has 0 amide bonds. The molecular formula is C14H25NO3. The molecule has 0 bridgehead atoms. The monoisotopic (exact) mass is 255 g/mol. The van der Waals surface area contributed by atoms with E-state index < -0.39 is 0 Å². The lowest BCUT2D eigenvalue weighted by Gasteiger charge is -2.22. The summed E-state index contributed by atoms with van der Waals surface area (Å²) in [5.41, 5.74) is 0. The van der Waals surface area contributed by atoms with E-state index in [1.54, 1.807) is 6.08 Å². The number of rotatable bonds is 4. The quantitative estimate of drug-likeness (QED) is 0.594. The minimum Gasteiger partial charge on any atom is -0.466 e. The molecule has 104 valence electrons. The fourth-order valence-electron chi connectivity index (χ4n) is 2.32. The number of nitrogens with one attached hydrogen (secondary N) is 1. The highest BCUT2D eigenvalue weighted by Crippen LogP contribution is 2.17. The highest BCUT2D eigenvalue weighted by molar-refractivity contribution is 5.81. The van der Waals surface area contributed by atoms with Gasteiger partial charge in [-0.05, 0) is 12.8 Å². The van der Waals surface area contributed by atoms with E-state index in [-0.39, 0.29) is 18.1 Å². The molecule has 2 atom stereocenters. The number of ether oxygens (including phenoxy) is 1. The molecule has 0 saturated heterocycles. The van der Waals surface area contributed by atoms with Gasteiger partial charge >= 0.3 is 5.97 Å². The predicted octanol–water partition coefficient (Wildman–Crippen LogP) is 1.78. The summed E-state index contributed by atoms with van der Waals surface area (Å²) < 4.78 is 4.51. The summed E-state index contributed by atoms with van der Waals surface area (Å²) >= 11 is 0. The van der Waals surface area contributed by atoms with Crippen LogP contribution in [0.4, 0.5) is 0 Å². The Morgan fingerprint density at radius 2 is 1.94 bits per heavy atom. The third kappa shape index (κ3) is 6.17. The van der Waals surface area contributed by atoms with Crippen molar-refractivity contribution < 1.29 is 14.6 Å². The first-order valence-corrected chi connectivity index (χ1v) is 6.90. The number of esters is 1. The van der Waals surface area contributed by atoms with Gasteiger partial charge in [0.25, 0.3) is 0 Å². The summed E-state index contributed by atoms with van der Waals surface area (Å²) in [7, 11) is 1.36. The first-order chi connectivity index (χ1) is 8.74. The Balaban J connectivity index is 2.32. The SMILES string of the molecule is COC(=O)C=CCNC1CCCCCCCC1O. The molecule has 2 N–H and O–H groups in total. The normalized spacial score (nSPS) is 26.3. The van der Waals surface area contributed by atoms with Gasteiger partial charge in [0.2, 0.25) is 0 Å². The second-order valence-electron chi connectivity index (χ2n) is 4.85. The molecule has 0 aromatic rings. The molecular weight excluding hydrogens is 230 g/mol. The molecule has 4 heteroatoms. The lowest BCUT2D eigenvalue weighted by Crippen LogP contribution is -2.39. The summed E-state index contributed by atoms with van der Waals surface area (Å²) in [4.78, 5) is 10.9. The fraction of sp³-hybridized carbons (Fsp3) is 0.786. The third-order valence-corrected chi connectivity index (χ3v) is 3.43. The van der Waals surface area contributed by atoms with Gasteiger partial charge in [0.15, 0.2) is 0 Å². The van der Waals surface area contributed by atoms with Gasteiger partial charge in [-0.1, -0.05) is 38.2 Å². The van der Waals surface area contributed by atoms with E-state index in [4.69, 9.17) is 0 Å². The van der Waals surface area contributed by atoms with Crippen LogP contribution in [0.5, 0.6) is 0 Å². The first kappa shape index (κ1) is 15.2. The van der Waals surface area contributed by atoms with Gasteiger partial charge in [-0.25, -0.2) is 4.79 Å². The Hall–Kier alpha value is -0.870. The van der Waals surface area contributed by atoms with Crippen LogP contribution in [0, 0.1) is 0 Å². The van der Waals surface area contributed by atoms with E-state index in [0.717, 1.165) is 25.7 Å². The van der Waals surface area contributed by atoms with Crippen molar-refractivity contribution in [3.8, 4) is 0 Å². The maximum atomic E-state index is 10.9. The lowest BCUT2D eigenvalue weighted by molar-refractivity contribution is -0.134. The molecule has 0 aliphatic heterocycles. The highest BCUT2D eigenvalue weighted by Gasteiger charge is 2.18. The van der Waals surface area contributed by atoms with Crippen molar-refractivity contribution in [2.45, 2.75) is 57.1 Å². The highest BCUT2D eigenvalue weighted by atomic mass is 16.5. The van der Waals surface area contributed by atoms with Crippen LogP contribution < -0.4 is 5.32 Å². The van der Waals surface area contributed by atoms with E-state index in [2.05, 4.69) is 10.1 Å². The third-order valence-electron chi connectivity index (χ3n) is 3.43. The molecule has 18 heavy (non-hydrogen) atoms. The minimum atomic E-state index is -0.341. The molecule has 1 aliphatic carbocycles. The van der Waals surface area contributed by atoms with Gasteiger partial charge in [-0.3, -0.25) is 0 Å². The van der Waals surface area contributed by atoms with E-state index >= 15 is 0 Å². The number of carbonyl (C=O) groups is 1. The van der Waals surface area contributed by atoms with Crippen LogP contribution in [0.3, 0.4) is 0 Å². The Bertz CT molecular complexity index is 266. The van der Waals surface area contributed by atoms with Gasteiger partial charge in [-0.15, -0.1) is 0 Å². The largest absolute Gasteiger partial charge is 0.466 e. The number of carbonyl (C=O) groups excluding carboxylic acids is 1. The zero-order chi connectivity index (χ0) is 13.2. The Labute approximate surface area is 109 Å². The molecule has 0 aromatic heterocycles. The van der Waals surface area contributed by atoms with Gasteiger partial charge in [0.1, 0.15) is 0 Å². The van der Waals surface area contributed by atoms with Crippen molar-refractivity contribution in [2.24, 2.45) is 0 Å². The topological polar surface area (TPSA) is 58.6 Å². The molecule has 0 heterocycles. The minimum absolute atomic E-state index is 0.144. The maximum Gasteiger partial charge on any atom is 0.330 e. The summed E-state index contributed by atoms with van der Waals surface area (Å²) in [5, 5.41) is 13.4. The van der Waals surface area contributed by atoms with Gasteiger partial charge in [0, 0.05) is 18.7 Å². The van der Waals surface area contributed by atoms with Crippen LogP contribution in [0.1, 0.15) is 44.9 Å². The van der Waals surface area contributed by atoms with Crippen LogP contribution in [0.2, 0.25) is 0 Å². The summed E-state index contributed by atoms with van der Waals surface area (Å²) in [6, 6.07) is 0.144. The predicted molar refractivity (Wildman–Crippen MR) is 71.3 cm³/mol. The number of methoxy groups -OCH3 is 1. The van der Waals surface area contributed by atoms with Crippen LogP contribution in [-0.4, -0.2) is 36.9 Å². The van der Waals surface area contributed by atoms with E-state index in [9.17, 15) is 9.90 Å². The molecule has 1 fully saturated rings. The second kappa shape index (κ2) is 9.11. The molecule has 0 aromatic carbocycles.